The second-order valence-corrected chi connectivity index (χ2v) is 4.07. The van der Waals surface area contributed by atoms with Crippen LogP contribution in [0.5, 0.6) is 11.5 Å². The third-order valence-electron chi connectivity index (χ3n) is 2.52. The molecule has 0 saturated heterocycles. The zero-order valence-corrected chi connectivity index (χ0v) is 10.4. The lowest BCUT2D eigenvalue weighted by atomic mass is 10.1. The van der Waals surface area contributed by atoms with Crippen molar-refractivity contribution in [1.29, 1.82) is 0 Å². The van der Waals surface area contributed by atoms with Crippen LogP contribution < -0.4 is 11.1 Å². The summed E-state index contributed by atoms with van der Waals surface area (Å²) in [5.74, 6) is -3.63. The van der Waals surface area contributed by atoms with E-state index < -0.39 is 35.3 Å². The Labute approximate surface area is 113 Å². The molecule has 0 heterocycles. The van der Waals surface area contributed by atoms with Crippen LogP contribution in [-0.2, 0) is 9.59 Å². The molecular weight excluding hydrogens is 268 g/mol. The van der Waals surface area contributed by atoms with E-state index in [0.29, 0.717) is 0 Å². The van der Waals surface area contributed by atoms with Gasteiger partial charge in [0.05, 0.1) is 0 Å². The predicted molar refractivity (Wildman–Crippen MR) is 67.1 cm³/mol. The van der Waals surface area contributed by atoms with Gasteiger partial charge in [-0.15, -0.1) is 0 Å². The Morgan fingerprint density at radius 2 is 1.85 bits per heavy atom. The number of hydrogen-bond acceptors (Lipinski definition) is 5. The molecule has 108 valence electrons. The Hall–Kier alpha value is -2.77. The Kier molecular flexibility index (Phi) is 4.90. The predicted octanol–water partition coefficient (Wildman–Crippen LogP) is -0.454. The van der Waals surface area contributed by atoms with Gasteiger partial charge in [-0.2, -0.15) is 0 Å². The number of carboxylic acid groups (broad SMARTS) is 1. The molecule has 0 aliphatic carbocycles. The zero-order chi connectivity index (χ0) is 15.3. The molecule has 1 atom stereocenters. The molecule has 2 amide bonds. The second kappa shape index (κ2) is 6.41. The van der Waals surface area contributed by atoms with E-state index in [2.05, 4.69) is 5.32 Å². The van der Waals surface area contributed by atoms with Gasteiger partial charge in [-0.3, -0.25) is 9.59 Å². The first-order valence-corrected chi connectivity index (χ1v) is 5.65. The Bertz CT molecular complexity index is 543. The van der Waals surface area contributed by atoms with Crippen molar-refractivity contribution in [3.63, 3.8) is 0 Å². The van der Waals surface area contributed by atoms with Crippen LogP contribution in [0, 0.1) is 0 Å². The third-order valence-corrected chi connectivity index (χ3v) is 2.52. The first kappa shape index (κ1) is 15.3. The highest BCUT2D eigenvalue weighted by atomic mass is 16.4. The summed E-state index contributed by atoms with van der Waals surface area (Å²) in [6, 6.07) is 2.05. The quantitative estimate of drug-likeness (QED) is 0.446. The fraction of sp³-hybridized carbons (Fsp3) is 0.250. The lowest BCUT2D eigenvalue weighted by Crippen LogP contribution is -2.41. The number of benzene rings is 1. The Morgan fingerprint density at radius 1 is 1.20 bits per heavy atom. The number of primary amides is 1. The van der Waals surface area contributed by atoms with Gasteiger partial charge in [0, 0.05) is 12.0 Å². The summed E-state index contributed by atoms with van der Waals surface area (Å²) >= 11 is 0. The van der Waals surface area contributed by atoms with Crippen LogP contribution in [0.15, 0.2) is 18.2 Å². The molecule has 0 fully saturated rings. The van der Waals surface area contributed by atoms with Crippen molar-refractivity contribution >= 4 is 17.8 Å². The lowest BCUT2D eigenvalue weighted by molar-refractivity contribution is -0.139. The van der Waals surface area contributed by atoms with Crippen molar-refractivity contribution in [1.82, 2.24) is 5.32 Å². The molecule has 0 aliphatic heterocycles. The number of carbonyl (C=O) groups excluding carboxylic acids is 2. The van der Waals surface area contributed by atoms with E-state index >= 15 is 0 Å². The maximum absolute atomic E-state index is 11.8. The van der Waals surface area contributed by atoms with Gasteiger partial charge in [0.2, 0.25) is 5.91 Å². The number of nitrogens with one attached hydrogen (secondary N) is 1. The lowest BCUT2D eigenvalue weighted by Gasteiger charge is -2.13. The van der Waals surface area contributed by atoms with Gasteiger partial charge in [-0.05, 0) is 24.6 Å². The molecule has 1 aromatic rings. The van der Waals surface area contributed by atoms with E-state index in [0.717, 1.165) is 12.1 Å². The topological polar surface area (TPSA) is 150 Å². The van der Waals surface area contributed by atoms with Crippen LogP contribution in [0.4, 0.5) is 0 Å². The minimum atomic E-state index is -1.30. The molecule has 20 heavy (non-hydrogen) atoms. The first-order chi connectivity index (χ1) is 9.31. The number of aliphatic carboxylic acids is 1. The van der Waals surface area contributed by atoms with Crippen LogP contribution in [0.2, 0.25) is 0 Å². The molecule has 8 heteroatoms. The Morgan fingerprint density at radius 3 is 2.35 bits per heavy atom. The molecule has 1 unspecified atom stereocenters. The number of hydrogen-bond donors (Lipinski definition) is 5. The van der Waals surface area contributed by atoms with Gasteiger partial charge in [0.25, 0.3) is 5.91 Å². The minimum absolute atomic E-state index is 0.0226. The van der Waals surface area contributed by atoms with E-state index in [1.807, 2.05) is 0 Å². The van der Waals surface area contributed by atoms with Gasteiger partial charge in [0.15, 0.2) is 11.5 Å². The van der Waals surface area contributed by atoms with Crippen molar-refractivity contribution in [2.45, 2.75) is 18.9 Å². The normalized spacial score (nSPS) is 11.6. The van der Waals surface area contributed by atoms with Gasteiger partial charge >= 0.3 is 5.97 Å². The smallest absolute Gasteiger partial charge is 0.326 e. The molecule has 8 nitrogen and oxygen atoms in total. The summed E-state index contributed by atoms with van der Waals surface area (Å²) in [5, 5.41) is 29.5. The van der Waals surface area contributed by atoms with Crippen LogP contribution in [-0.4, -0.2) is 39.1 Å². The van der Waals surface area contributed by atoms with Crippen molar-refractivity contribution in [2.24, 2.45) is 5.73 Å². The van der Waals surface area contributed by atoms with Crippen molar-refractivity contribution in [3.05, 3.63) is 23.8 Å². The third kappa shape index (κ3) is 4.16. The van der Waals surface area contributed by atoms with Crippen LogP contribution >= 0.6 is 0 Å². The van der Waals surface area contributed by atoms with Crippen LogP contribution in [0.3, 0.4) is 0 Å². The maximum Gasteiger partial charge on any atom is 0.326 e. The number of amides is 2. The monoisotopic (exact) mass is 282 g/mol. The average molecular weight is 282 g/mol. The number of phenols is 2. The maximum atomic E-state index is 11.8. The van der Waals surface area contributed by atoms with Crippen molar-refractivity contribution in [2.75, 3.05) is 0 Å². The van der Waals surface area contributed by atoms with E-state index in [4.69, 9.17) is 15.9 Å². The summed E-state index contributed by atoms with van der Waals surface area (Å²) < 4.78 is 0. The minimum Gasteiger partial charge on any atom is -0.504 e. The fourth-order valence-corrected chi connectivity index (χ4v) is 1.45. The summed E-state index contributed by atoms with van der Waals surface area (Å²) in [5.41, 5.74) is 4.89. The number of aromatic hydroxyl groups is 2. The summed E-state index contributed by atoms with van der Waals surface area (Å²) in [4.78, 5) is 33.3. The van der Waals surface area contributed by atoms with Gasteiger partial charge in [0.1, 0.15) is 6.04 Å². The van der Waals surface area contributed by atoms with Crippen molar-refractivity contribution in [3.8, 4) is 11.5 Å². The molecule has 0 bridgehead atoms. The van der Waals surface area contributed by atoms with E-state index in [1.165, 1.54) is 6.07 Å². The highest BCUT2D eigenvalue weighted by Gasteiger charge is 2.21. The molecule has 0 aromatic heterocycles. The number of phenolic OH excluding ortho intramolecular Hbond substituents is 2. The highest BCUT2D eigenvalue weighted by Crippen LogP contribution is 2.24. The zero-order valence-electron chi connectivity index (χ0n) is 10.4. The van der Waals surface area contributed by atoms with Gasteiger partial charge < -0.3 is 26.4 Å². The van der Waals surface area contributed by atoms with Gasteiger partial charge in [-0.1, -0.05) is 0 Å². The molecule has 0 aliphatic rings. The van der Waals surface area contributed by atoms with Crippen LogP contribution in [0.1, 0.15) is 23.2 Å². The van der Waals surface area contributed by atoms with Gasteiger partial charge in [-0.25, -0.2) is 4.79 Å². The summed E-state index contributed by atoms with van der Waals surface area (Å²) in [7, 11) is 0. The largest absolute Gasteiger partial charge is 0.504 e. The summed E-state index contributed by atoms with van der Waals surface area (Å²) in [6.07, 6.45) is -0.321. The summed E-state index contributed by atoms with van der Waals surface area (Å²) in [6.45, 7) is 0. The van der Waals surface area contributed by atoms with E-state index in [1.54, 1.807) is 0 Å². The van der Waals surface area contributed by atoms with Crippen LogP contribution in [0.25, 0.3) is 0 Å². The SMILES string of the molecule is NC(=O)CCC(NC(=O)c1ccc(O)c(O)c1)C(=O)O. The molecule has 1 rings (SSSR count). The molecule has 0 saturated carbocycles. The molecule has 0 radical (unpaired) electrons. The fourth-order valence-electron chi connectivity index (χ4n) is 1.45. The number of rotatable bonds is 6. The second-order valence-electron chi connectivity index (χ2n) is 4.07. The number of carboxylic acids is 1. The highest BCUT2D eigenvalue weighted by molar-refractivity contribution is 5.97. The molecule has 1 aromatic carbocycles. The number of nitrogens with two attached hydrogens (primary N) is 1. The molecule has 6 N–H and O–H groups in total. The van der Waals surface area contributed by atoms with E-state index in [9.17, 15) is 19.5 Å². The van der Waals surface area contributed by atoms with E-state index in [-0.39, 0.29) is 18.4 Å². The first-order valence-electron chi connectivity index (χ1n) is 5.65. The molecule has 0 spiro atoms. The number of carbonyl (C=O) groups is 3. The Balaban J connectivity index is 2.77. The standard InChI is InChI=1S/C12H14N2O6/c13-10(17)4-2-7(12(19)20)14-11(18)6-1-3-8(15)9(16)5-6/h1,3,5,7,15-16H,2,4H2,(H2,13,17)(H,14,18)(H,19,20). The van der Waals surface area contributed by atoms with Crippen molar-refractivity contribution < 1.29 is 29.7 Å². The molecular formula is C12H14N2O6. The average Bonchev–Trinajstić information content (AvgIpc) is 2.36.